The van der Waals surface area contributed by atoms with Crippen molar-refractivity contribution in [1.29, 1.82) is 0 Å². The monoisotopic (exact) mass is 256 g/mol. The largest absolute Gasteiger partial charge is 0.370 e. The molecule has 19 heavy (non-hydrogen) atoms. The van der Waals surface area contributed by atoms with Gasteiger partial charge in [0.15, 0.2) is 5.96 Å². The van der Waals surface area contributed by atoms with E-state index in [4.69, 9.17) is 5.73 Å². The quantitative estimate of drug-likeness (QED) is 0.650. The summed E-state index contributed by atoms with van der Waals surface area (Å²) in [6.45, 7) is 4.75. The van der Waals surface area contributed by atoms with Crippen LogP contribution in [-0.4, -0.2) is 23.5 Å². The maximum absolute atomic E-state index is 5.77. The Labute approximate surface area is 113 Å². The minimum absolute atomic E-state index is 0.308. The molecule has 0 saturated heterocycles. The average Bonchev–Trinajstić information content (AvgIpc) is 2.38. The van der Waals surface area contributed by atoms with Gasteiger partial charge in [0, 0.05) is 24.2 Å². The number of nitrogens with one attached hydrogen (secondary N) is 1. The first-order valence-electron chi connectivity index (χ1n) is 6.56. The van der Waals surface area contributed by atoms with Crippen LogP contribution in [0.2, 0.25) is 0 Å². The van der Waals surface area contributed by atoms with Crippen LogP contribution in [-0.2, 0) is 6.42 Å². The van der Waals surface area contributed by atoms with E-state index in [9.17, 15) is 0 Å². The van der Waals surface area contributed by atoms with Gasteiger partial charge in [0.05, 0.1) is 5.52 Å². The van der Waals surface area contributed by atoms with E-state index in [-0.39, 0.29) is 0 Å². The summed E-state index contributed by atoms with van der Waals surface area (Å²) in [4.78, 5) is 8.75. The summed E-state index contributed by atoms with van der Waals surface area (Å²) in [6, 6.07) is 10.6. The number of guanidine groups is 1. The Morgan fingerprint density at radius 1 is 1.32 bits per heavy atom. The molecule has 2 rings (SSSR count). The highest BCUT2D eigenvalue weighted by Crippen LogP contribution is 2.16. The van der Waals surface area contributed by atoms with Crippen LogP contribution >= 0.6 is 0 Å². The summed E-state index contributed by atoms with van der Waals surface area (Å²) in [5, 5.41) is 4.24. The number of aromatic nitrogens is 1. The molecule has 1 heterocycles. The van der Waals surface area contributed by atoms with Gasteiger partial charge in [0.2, 0.25) is 0 Å². The number of nitrogens with zero attached hydrogens (tertiary/aromatic N) is 2. The zero-order chi connectivity index (χ0) is 13.7. The second-order valence-corrected chi connectivity index (χ2v) is 4.81. The summed E-state index contributed by atoms with van der Waals surface area (Å²) in [5.41, 5.74) is 8.03. The molecule has 3 N–H and O–H groups in total. The molecule has 1 aromatic heterocycles. The molecule has 0 aliphatic carbocycles. The third kappa shape index (κ3) is 3.68. The lowest BCUT2D eigenvalue weighted by Crippen LogP contribution is -2.36. The number of benzene rings is 1. The van der Waals surface area contributed by atoms with Gasteiger partial charge in [-0.05, 0) is 31.9 Å². The van der Waals surface area contributed by atoms with Gasteiger partial charge in [-0.3, -0.25) is 9.98 Å². The third-order valence-electron chi connectivity index (χ3n) is 2.82. The van der Waals surface area contributed by atoms with Gasteiger partial charge in [0.25, 0.3) is 0 Å². The predicted octanol–water partition coefficient (Wildman–Crippen LogP) is 2.09. The van der Waals surface area contributed by atoms with E-state index >= 15 is 0 Å². The number of rotatable bonds is 4. The van der Waals surface area contributed by atoms with Crippen molar-refractivity contribution in [3.63, 3.8) is 0 Å². The Kier molecular flexibility index (Phi) is 4.34. The lowest BCUT2D eigenvalue weighted by molar-refractivity contribution is 0.723. The van der Waals surface area contributed by atoms with Crippen molar-refractivity contribution >= 4 is 16.9 Å². The highest BCUT2D eigenvalue weighted by atomic mass is 15.1. The molecule has 0 unspecified atom stereocenters. The molecule has 0 bridgehead atoms. The molecule has 0 aliphatic rings. The van der Waals surface area contributed by atoms with Gasteiger partial charge in [-0.2, -0.15) is 0 Å². The Morgan fingerprint density at radius 3 is 2.89 bits per heavy atom. The number of hydrogen-bond donors (Lipinski definition) is 2. The van der Waals surface area contributed by atoms with Crippen LogP contribution in [0.3, 0.4) is 0 Å². The normalized spacial score (nSPS) is 12.1. The molecule has 4 nitrogen and oxygen atoms in total. The molecule has 4 heteroatoms. The van der Waals surface area contributed by atoms with Crippen molar-refractivity contribution in [3.05, 3.63) is 42.1 Å². The SMILES string of the molecule is CC(C)NC(N)=NCCc1cccc2cccnc12. The predicted molar refractivity (Wildman–Crippen MR) is 80.2 cm³/mol. The van der Waals surface area contributed by atoms with Crippen LogP contribution in [0.4, 0.5) is 0 Å². The molecular weight excluding hydrogens is 236 g/mol. The zero-order valence-corrected chi connectivity index (χ0v) is 11.4. The van der Waals surface area contributed by atoms with Crippen LogP contribution in [0, 0.1) is 0 Å². The number of pyridine rings is 1. The highest BCUT2D eigenvalue weighted by molar-refractivity contribution is 5.81. The smallest absolute Gasteiger partial charge is 0.188 e. The number of hydrogen-bond acceptors (Lipinski definition) is 2. The van der Waals surface area contributed by atoms with Crippen LogP contribution < -0.4 is 11.1 Å². The maximum Gasteiger partial charge on any atom is 0.188 e. The first-order chi connectivity index (χ1) is 9.16. The summed E-state index contributed by atoms with van der Waals surface area (Å²) in [5.74, 6) is 0.503. The number of para-hydroxylation sites is 1. The van der Waals surface area contributed by atoms with E-state index in [0.717, 1.165) is 17.3 Å². The standard InChI is InChI=1S/C15H20N4/c1-11(2)19-15(16)18-10-8-13-6-3-5-12-7-4-9-17-14(12)13/h3-7,9,11H,8,10H2,1-2H3,(H3,16,18,19). The fourth-order valence-corrected chi connectivity index (χ4v) is 2.01. The Hall–Kier alpha value is -2.10. The molecule has 0 radical (unpaired) electrons. The maximum atomic E-state index is 5.77. The van der Waals surface area contributed by atoms with Crippen molar-refractivity contribution in [2.75, 3.05) is 6.54 Å². The molecular formula is C15H20N4. The summed E-state index contributed by atoms with van der Waals surface area (Å²) >= 11 is 0. The summed E-state index contributed by atoms with van der Waals surface area (Å²) in [7, 11) is 0. The Balaban J connectivity index is 2.06. The number of nitrogens with two attached hydrogens (primary N) is 1. The van der Waals surface area contributed by atoms with Gasteiger partial charge in [-0.1, -0.05) is 24.3 Å². The molecule has 1 aromatic carbocycles. The molecule has 0 spiro atoms. The number of fused-ring (bicyclic) bond motifs is 1. The molecule has 0 amide bonds. The minimum Gasteiger partial charge on any atom is -0.370 e. The van der Waals surface area contributed by atoms with E-state index in [2.05, 4.69) is 39.6 Å². The van der Waals surface area contributed by atoms with Crippen LogP contribution in [0.1, 0.15) is 19.4 Å². The minimum atomic E-state index is 0.308. The van der Waals surface area contributed by atoms with Crippen LogP contribution in [0.25, 0.3) is 10.9 Å². The zero-order valence-electron chi connectivity index (χ0n) is 11.4. The van der Waals surface area contributed by atoms with Gasteiger partial charge >= 0.3 is 0 Å². The molecule has 2 aromatic rings. The van der Waals surface area contributed by atoms with E-state index in [1.807, 2.05) is 26.1 Å². The lowest BCUT2D eigenvalue weighted by atomic mass is 10.1. The lowest BCUT2D eigenvalue weighted by Gasteiger charge is -2.08. The highest BCUT2D eigenvalue weighted by Gasteiger charge is 2.01. The number of aliphatic imine (C=N–C) groups is 1. The fraction of sp³-hybridized carbons (Fsp3) is 0.333. The second kappa shape index (κ2) is 6.18. The molecule has 100 valence electrons. The van der Waals surface area contributed by atoms with E-state index in [0.29, 0.717) is 18.5 Å². The van der Waals surface area contributed by atoms with Gasteiger partial charge in [-0.25, -0.2) is 0 Å². The summed E-state index contributed by atoms with van der Waals surface area (Å²) in [6.07, 6.45) is 2.67. The van der Waals surface area contributed by atoms with Crippen molar-refractivity contribution in [2.45, 2.75) is 26.3 Å². The fourth-order valence-electron chi connectivity index (χ4n) is 2.01. The van der Waals surface area contributed by atoms with Crippen molar-refractivity contribution in [1.82, 2.24) is 10.3 Å². The molecule has 0 saturated carbocycles. The topological polar surface area (TPSA) is 63.3 Å². The third-order valence-corrected chi connectivity index (χ3v) is 2.82. The van der Waals surface area contributed by atoms with Gasteiger partial charge < -0.3 is 11.1 Å². The molecule has 0 fully saturated rings. The van der Waals surface area contributed by atoms with Crippen molar-refractivity contribution in [3.8, 4) is 0 Å². The second-order valence-electron chi connectivity index (χ2n) is 4.81. The Bertz CT molecular complexity index is 570. The first kappa shape index (κ1) is 13.3. The van der Waals surface area contributed by atoms with Crippen molar-refractivity contribution < 1.29 is 0 Å². The van der Waals surface area contributed by atoms with E-state index in [1.54, 1.807) is 0 Å². The molecule has 0 atom stereocenters. The molecule has 0 aliphatic heterocycles. The first-order valence-corrected chi connectivity index (χ1v) is 6.56. The van der Waals surface area contributed by atoms with E-state index < -0.39 is 0 Å². The van der Waals surface area contributed by atoms with E-state index in [1.165, 1.54) is 5.56 Å². The average molecular weight is 256 g/mol. The van der Waals surface area contributed by atoms with Crippen LogP contribution in [0.15, 0.2) is 41.5 Å². The van der Waals surface area contributed by atoms with Crippen LogP contribution in [0.5, 0.6) is 0 Å². The van der Waals surface area contributed by atoms with Gasteiger partial charge in [-0.15, -0.1) is 0 Å². The van der Waals surface area contributed by atoms with Crippen molar-refractivity contribution in [2.24, 2.45) is 10.7 Å². The Morgan fingerprint density at radius 2 is 2.11 bits per heavy atom. The van der Waals surface area contributed by atoms with Gasteiger partial charge in [0.1, 0.15) is 0 Å². The summed E-state index contributed by atoms with van der Waals surface area (Å²) < 4.78 is 0.